The van der Waals surface area contributed by atoms with Crippen LogP contribution in [0.2, 0.25) is 0 Å². The molecule has 6 nitrogen and oxygen atoms in total. The van der Waals surface area contributed by atoms with Gasteiger partial charge in [-0.3, -0.25) is 4.98 Å². The van der Waals surface area contributed by atoms with E-state index in [0.29, 0.717) is 0 Å². The quantitative estimate of drug-likeness (QED) is 0.536. The molecule has 0 radical (unpaired) electrons. The van der Waals surface area contributed by atoms with E-state index >= 15 is 0 Å². The Labute approximate surface area is 155 Å². The Morgan fingerprint density at radius 1 is 1.18 bits per heavy atom. The molecule has 1 aromatic carbocycles. The molecule has 2 aromatic heterocycles. The van der Waals surface area contributed by atoms with E-state index in [9.17, 15) is 26.7 Å². The van der Waals surface area contributed by atoms with Crippen molar-refractivity contribution in [1.82, 2.24) is 19.6 Å². The zero-order chi connectivity index (χ0) is 20.8. The van der Waals surface area contributed by atoms with Crippen molar-refractivity contribution in [2.24, 2.45) is 0 Å². The molecule has 0 spiro atoms. The van der Waals surface area contributed by atoms with Gasteiger partial charge in [0.25, 0.3) is 12.4 Å². The summed E-state index contributed by atoms with van der Waals surface area (Å²) in [6, 6.07) is 0.975. The standard InChI is InChI=1S/C17H15F5N4O2/c1-17(2,3)13-11(7-4-8(18)12(22)9(19)5-7)14-23-15(28-6-10(20)21)24-16(27)26(14)25-13/h4-5,10H,6H2,1-3H3,(H,23,24,27). The molecule has 0 saturated heterocycles. The first kappa shape index (κ1) is 19.8. The lowest BCUT2D eigenvalue weighted by Crippen LogP contribution is -2.21. The van der Waals surface area contributed by atoms with Crippen LogP contribution in [-0.2, 0) is 5.41 Å². The van der Waals surface area contributed by atoms with Gasteiger partial charge in [-0.2, -0.15) is 14.6 Å². The molecule has 0 unspecified atom stereocenters. The van der Waals surface area contributed by atoms with Crippen LogP contribution in [0.25, 0.3) is 16.8 Å². The van der Waals surface area contributed by atoms with Crippen LogP contribution in [0.5, 0.6) is 6.01 Å². The van der Waals surface area contributed by atoms with E-state index in [1.807, 2.05) is 0 Å². The summed E-state index contributed by atoms with van der Waals surface area (Å²) in [5.41, 5.74) is -1.56. The normalized spacial score (nSPS) is 12.2. The molecule has 0 atom stereocenters. The molecule has 0 aliphatic rings. The Bertz CT molecular complexity index is 1080. The van der Waals surface area contributed by atoms with Gasteiger partial charge in [0.1, 0.15) is 0 Å². The number of halogens is 5. The molecule has 150 valence electrons. The van der Waals surface area contributed by atoms with E-state index in [1.165, 1.54) is 0 Å². The third-order valence-electron chi connectivity index (χ3n) is 3.80. The SMILES string of the molecule is CC(C)(C)c1nn2c(=O)[nH]c(OCC(F)F)nc2c1-c1cc(F)c(F)c(F)c1. The van der Waals surface area contributed by atoms with Crippen molar-refractivity contribution in [2.75, 3.05) is 6.61 Å². The number of hydrogen-bond acceptors (Lipinski definition) is 4. The van der Waals surface area contributed by atoms with Gasteiger partial charge in [0.15, 0.2) is 29.7 Å². The molecule has 2 heterocycles. The molecule has 0 saturated carbocycles. The average Bonchev–Trinajstić information content (AvgIpc) is 2.98. The lowest BCUT2D eigenvalue weighted by atomic mass is 9.87. The zero-order valence-corrected chi connectivity index (χ0v) is 15.0. The van der Waals surface area contributed by atoms with E-state index in [2.05, 4.69) is 15.1 Å². The van der Waals surface area contributed by atoms with Crippen molar-refractivity contribution in [1.29, 1.82) is 0 Å². The van der Waals surface area contributed by atoms with Crippen LogP contribution in [0.15, 0.2) is 16.9 Å². The maximum absolute atomic E-state index is 13.8. The molecule has 11 heteroatoms. The minimum absolute atomic E-state index is 0.0540. The third kappa shape index (κ3) is 3.56. The van der Waals surface area contributed by atoms with Crippen LogP contribution < -0.4 is 10.4 Å². The smallest absolute Gasteiger partial charge is 0.352 e. The van der Waals surface area contributed by atoms with Crippen LogP contribution >= 0.6 is 0 Å². The summed E-state index contributed by atoms with van der Waals surface area (Å²) in [6.07, 6.45) is -2.81. The highest BCUT2D eigenvalue weighted by atomic mass is 19.3. The first-order valence-electron chi connectivity index (χ1n) is 8.08. The van der Waals surface area contributed by atoms with Gasteiger partial charge in [-0.05, 0) is 17.7 Å². The fourth-order valence-corrected chi connectivity index (χ4v) is 2.62. The number of hydrogen-bond donors (Lipinski definition) is 1. The Morgan fingerprint density at radius 2 is 1.79 bits per heavy atom. The Hall–Kier alpha value is -2.98. The number of ether oxygens (including phenoxy) is 1. The van der Waals surface area contributed by atoms with Crippen LogP contribution in [0, 0.1) is 17.5 Å². The predicted octanol–water partition coefficient (Wildman–Crippen LogP) is 3.44. The van der Waals surface area contributed by atoms with E-state index < -0.39 is 47.6 Å². The lowest BCUT2D eigenvalue weighted by Gasteiger charge is -2.17. The highest BCUT2D eigenvalue weighted by molar-refractivity contribution is 5.81. The van der Waals surface area contributed by atoms with Gasteiger partial charge < -0.3 is 4.74 Å². The predicted molar refractivity (Wildman–Crippen MR) is 89.1 cm³/mol. The highest BCUT2D eigenvalue weighted by Crippen LogP contribution is 2.36. The second kappa shape index (κ2) is 6.88. The van der Waals surface area contributed by atoms with Gasteiger partial charge in [0.2, 0.25) is 0 Å². The maximum atomic E-state index is 13.8. The topological polar surface area (TPSA) is 72.3 Å². The van der Waals surface area contributed by atoms with Crippen molar-refractivity contribution in [2.45, 2.75) is 32.6 Å². The summed E-state index contributed by atoms with van der Waals surface area (Å²) >= 11 is 0. The number of H-pyrrole nitrogens is 1. The molecule has 0 aliphatic heterocycles. The first-order chi connectivity index (χ1) is 13.0. The van der Waals surface area contributed by atoms with E-state index in [-0.39, 0.29) is 22.5 Å². The second-order valence-electron chi connectivity index (χ2n) is 7.01. The minimum Gasteiger partial charge on any atom is -0.459 e. The van der Waals surface area contributed by atoms with Gasteiger partial charge in [0.05, 0.1) is 11.3 Å². The minimum atomic E-state index is -2.81. The molecular formula is C17H15F5N4O2. The van der Waals surface area contributed by atoms with Gasteiger partial charge in [-0.1, -0.05) is 20.8 Å². The average molecular weight is 402 g/mol. The summed E-state index contributed by atoms with van der Waals surface area (Å²) in [7, 11) is 0. The second-order valence-corrected chi connectivity index (χ2v) is 7.01. The van der Waals surface area contributed by atoms with Crippen molar-refractivity contribution in [3.05, 3.63) is 45.8 Å². The van der Waals surface area contributed by atoms with Gasteiger partial charge >= 0.3 is 5.69 Å². The molecule has 3 aromatic rings. The van der Waals surface area contributed by atoms with E-state index in [1.54, 1.807) is 20.8 Å². The number of aromatic amines is 1. The monoisotopic (exact) mass is 402 g/mol. The van der Waals surface area contributed by atoms with E-state index in [4.69, 9.17) is 4.74 Å². The molecule has 0 bridgehead atoms. The summed E-state index contributed by atoms with van der Waals surface area (Å²) < 4.78 is 71.3. The fraction of sp³-hybridized carbons (Fsp3) is 0.353. The summed E-state index contributed by atoms with van der Waals surface area (Å²) in [6.45, 7) is 4.18. The highest BCUT2D eigenvalue weighted by Gasteiger charge is 2.28. The summed E-state index contributed by atoms with van der Waals surface area (Å²) in [5.74, 6) is -4.52. The molecule has 0 amide bonds. The van der Waals surface area contributed by atoms with Gasteiger partial charge in [-0.15, -0.1) is 0 Å². The number of alkyl halides is 2. The fourth-order valence-electron chi connectivity index (χ4n) is 2.62. The zero-order valence-electron chi connectivity index (χ0n) is 15.0. The Morgan fingerprint density at radius 3 is 2.32 bits per heavy atom. The molecule has 0 fully saturated rings. The number of aromatic nitrogens is 4. The summed E-state index contributed by atoms with van der Waals surface area (Å²) in [4.78, 5) is 18.4. The number of benzene rings is 1. The van der Waals surface area contributed by atoms with Crippen LogP contribution in [0.3, 0.4) is 0 Å². The Balaban J connectivity index is 2.33. The van der Waals surface area contributed by atoms with E-state index in [0.717, 1.165) is 16.6 Å². The Kier molecular flexibility index (Phi) is 4.86. The van der Waals surface area contributed by atoms with Crippen LogP contribution in [0.1, 0.15) is 26.5 Å². The lowest BCUT2D eigenvalue weighted by molar-refractivity contribution is 0.0768. The molecule has 0 aliphatic carbocycles. The van der Waals surface area contributed by atoms with Crippen molar-refractivity contribution >= 4 is 5.65 Å². The molecule has 1 N–H and O–H groups in total. The molecule has 28 heavy (non-hydrogen) atoms. The van der Waals surface area contributed by atoms with Crippen LogP contribution in [-0.4, -0.2) is 32.6 Å². The number of nitrogens with one attached hydrogen (secondary N) is 1. The van der Waals surface area contributed by atoms with Gasteiger partial charge in [-0.25, -0.2) is 26.7 Å². The largest absolute Gasteiger partial charge is 0.459 e. The van der Waals surface area contributed by atoms with Crippen molar-refractivity contribution < 1.29 is 26.7 Å². The first-order valence-corrected chi connectivity index (χ1v) is 8.08. The van der Waals surface area contributed by atoms with Crippen LogP contribution in [0.4, 0.5) is 22.0 Å². The summed E-state index contributed by atoms with van der Waals surface area (Å²) in [5, 5.41) is 4.15. The molecular weight excluding hydrogens is 387 g/mol. The van der Waals surface area contributed by atoms with Crippen molar-refractivity contribution in [3.63, 3.8) is 0 Å². The number of nitrogens with zero attached hydrogens (tertiary/aromatic N) is 3. The number of rotatable bonds is 4. The van der Waals surface area contributed by atoms with Crippen molar-refractivity contribution in [3.8, 4) is 17.1 Å². The number of fused-ring (bicyclic) bond motifs is 1. The third-order valence-corrected chi connectivity index (χ3v) is 3.80. The van der Waals surface area contributed by atoms with Gasteiger partial charge in [0, 0.05) is 5.41 Å². The maximum Gasteiger partial charge on any atom is 0.352 e. The molecule has 3 rings (SSSR count).